The lowest BCUT2D eigenvalue weighted by molar-refractivity contribution is -0.119. The van der Waals surface area contributed by atoms with Gasteiger partial charge in [0.2, 0.25) is 10.0 Å². The number of nitrogens with one attached hydrogen (secondary N) is 1. The molecule has 0 aliphatic heterocycles. The lowest BCUT2D eigenvalue weighted by atomic mass is 10.1. The highest BCUT2D eigenvalue weighted by Crippen LogP contribution is 2.23. The van der Waals surface area contributed by atoms with Crippen LogP contribution in [0, 0.1) is 27.7 Å². The van der Waals surface area contributed by atoms with Crippen molar-refractivity contribution in [1.82, 2.24) is 9.99 Å². The first-order valence-electron chi connectivity index (χ1n) is 11.3. The van der Waals surface area contributed by atoms with Gasteiger partial charge in [0.15, 0.2) is 0 Å². The molecule has 2 aromatic carbocycles. The Labute approximate surface area is 207 Å². The number of aryl methyl sites for hydroxylation is 3. The number of sulfonamides is 1. The summed E-state index contributed by atoms with van der Waals surface area (Å²) in [4.78, 5) is 12.5. The fourth-order valence-electron chi connectivity index (χ4n) is 3.80. The molecule has 0 bridgehead atoms. The molecule has 0 radical (unpaired) electrons. The first kappa shape index (κ1) is 26.0. The van der Waals surface area contributed by atoms with Gasteiger partial charge in [-0.25, -0.2) is 13.8 Å². The molecule has 0 unspecified atom stereocenters. The predicted octanol–water partition coefficient (Wildman–Crippen LogP) is 4.03. The van der Waals surface area contributed by atoms with Crippen LogP contribution in [-0.2, 0) is 14.8 Å². The summed E-state index contributed by atoms with van der Waals surface area (Å²) in [5, 5.41) is 4.07. The second-order valence-electron chi connectivity index (χ2n) is 8.42. The molecular weight excluding hydrogens is 464 g/mol. The Bertz CT molecular complexity index is 1340. The number of ether oxygens (including phenoxy) is 1. The molecule has 3 rings (SSSR count). The highest BCUT2D eigenvalue weighted by Gasteiger charge is 2.21. The van der Waals surface area contributed by atoms with E-state index in [9.17, 15) is 13.2 Å². The molecule has 1 aromatic heterocycles. The van der Waals surface area contributed by atoms with Crippen molar-refractivity contribution in [3.8, 4) is 11.4 Å². The molecule has 0 aliphatic rings. The maximum Gasteiger partial charge on any atom is 0.260 e. The molecule has 35 heavy (non-hydrogen) atoms. The van der Waals surface area contributed by atoms with E-state index in [-0.39, 0.29) is 0 Å². The van der Waals surface area contributed by atoms with Gasteiger partial charge in [0.25, 0.3) is 5.91 Å². The van der Waals surface area contributed by atoms with E-state index in [1.165, 1.54) is 11.1 Å². The molecule has 0 fully saturated rings. The molecule has 1 N–H and O–H groups in total. The Morgan fingerprint density at radius 2 is 1.74 bits per heavy atom. The number of hydrazone groups is 1. The molecule has 1 amide bonds. The van der Waals surface area contributed by atoms with E-state index in [0.29, 0.717) is 18.0 Å². The molecule has 9 heteroatoms. The van der Waals surface area contributed by atoms with Gasteiger partial charge in [0.05, 0.1) is 24.8 Å². The largest absolute Gasteiger partial charge is 0.494 e. The summed E-state index contributed by atoms with van der Waals surface area (Å²) in [7, 11) is -3.69. The Morgan fingerprint density at radius 1 is 1.06 bits per heavy atom. The standard InChI is InChI=1S/C26H32N4O4S/c1-7-34-25-12-10-23(11-13-25)29(35(6,32)33)17-26(31)28-27-16-22-15-20(4)30(21(22)5)24-9-8-18(2)19(3)14-24/h8-16H,7,17H2,1-6H3,(H,28,31)/b27-16-. The van der Waals surface area contributed by atoms with Crippen LogP contribution in [0.25, 0.3) is 5.69 Å². The van der Waals surface area contributed by atoms with E-state index in [1.807, 2.05) is 26.8 Å². The number of nitrogens with zero attached hydrogens (tertiary/aromatic N) is 3. The van der Waals surface area contributed by atoms with Gasteiger partial charge >= 0.3 is 0 Å². The maximum absolute atomic E-state index is 12.5. The molecule has 0 saturated heterocycles. The number of anilines is 1. The topological polar surface area (TPSA) is 93.0 Å². The van der Waals surface area contributed by atoms with Gasteiger partial charge in [-0.15, -0.1) is 0 Å². The molecular formula is C26H32N4O4S. The minimum atomic E-state index is -3.69. The fourth-order valence-corrected chi connectivity index (χ4v) is 4.65. The van der Waals surface area contributed by atoms with E-state index in [2.05, 4.69) is 47.1 Å². The molecule has 186 valence electrons. The van der Waals surface area contributed by atoms with Gasteiger partial charge in [-0.2, -0.15) is 5.10 Å². The quantitative estimate of drug-likeness (QED) is 0.358. The zero-order valence-corrected chi connectivity index (χ0v) is 21.8. The third-order valence-electron chi connectivity index (χ3n) is 5.74. The SMILES string of the molecule is CCOc1ccc(N(CC(=O)N/N=C\c2cc(C)n(-c3ccc(C)c(C)c3)c2C)S(C)(=O)=O)cc1. The zero-order chi connectivity index (χ0) is 25.8. The maximum atomic E-state index is 12.5. The molecule has 0 saturated carbocycles. The smallest absolute Gasteiger partial charge is 0.260 e. The van der Waals surface area contributed by atoms with Crippen molar-refractivity contribution < 1.29 is 17.9 Å². The van der Waals surface area contributed by atoms with E-state index in [1.54, 1.807) is 30.5 Å². The van der Waals surface area contributed by atoms with E-state index < -0.39 is 22.5 Å². The summed E-state index contributed by atoms with van der Waals surface area (Å²) in [6, 6.07) is 14.8. The molecule has 0 spiro atoms. The number of rotatable bonds is 9. The van der Waals surface area contributed by atoms with Gasteiger partial charge in [0.1, 0.15) is 12.3 Å². The Hall–Kier alpha value is -3.59. The normalized spacial score (nSPS) is 11.6. The number of aromatic nitrogens is 1. The lowest BCUT2D eigenvalue weighted by Crippen LogP contribution is -2.39. The first-order chi connectivity index (χ1) is 16.5. The Balaban J connectivity index is 1.73. The molecule has 8 nitrogen and oxygen atoms in total. The van der Waals surface area contributed by atoms with Crippen LogP contribution >= 0.6 is 0 Å². The molecule has 3 aromatic rings. The number of hydrogen-bond acceptors (Lipinski definition) is 5. The van der Waals surface area contributed by atoms with Crippen LogP contribution in [0.2, 0.25) is 0 Å². The average Bonchev–Trinajstić information content (AvgIpc) is 3.07. The van der Waals surface area contributed by atoms with Crippen molar-refractivity contribution in [2.24, 2.45) is 5.10 Å². The fraction of sp³-hybridized carbons (Fsp3) is 0.308. The Kier molecular flexibility index (Phi) is 8.01. The highest BCUT2D eigenvalue weighted by atomic mass is 32.2. The molecule has 0 aliphatic carbocycles. The Morgan fingerprint density at radius 3 is 2.34 bits per heavy atom. The van der Waals surface area contributed by atoms with Gasteiger partial charge in [-0.3, -0.25) is 9.10 Å². The van der Waals surface area contributed by atoms with E-state index in [0.717, 1.165) is 33.2 Å². The molecule has 1 heterocycles. The van der Waals surface area contributed by atoms with Crippen molar-refractivity contribution in [3.05, 3.63) is 76.6 Å². The number of amides is 1. The second-order valence-corrected chi connectivity index (χ2v) is 10.3. The zero-order valence-electron chi connectivity index (χ0n) is 21.0. The predicted molar refractivity (Wildman–Crippen MR) is 140 cm³/mol. The summed E-state index contributed by atoms with van der Waals surface area (Å²) in [6.45, 7) is 10.1. The minimum Gasteiger partial charge on any atom is -0.494 e. The van der Waals surface area contributed by atoms with Crippen LogP contribution in [0.5, 0.6) is 5.75 Å². The van der Waals surface area contributed by atoms with Crippen LogP contribution in [0.1, 0.15) is 35.0 Å². The number of carbonyl (C=O) groups is 1. The van der Waals surface area contributed by atoms with Crippen molar-refractivity contribution in [1.29, 1.82) is 0 Å². The van der Waals surface area contributed by atoms with Crippen LogP contribution < -0.4 is 14.5 Å². The third kappa shape index (κ3) is 6.30. The van der Waals surface area contributed by atoms with Crippen molar-refractivity contribution in [3.63, 3.8) is 0 Å². The number of hydrogen-bond donors (Lipinski definition) is 1. The minimum absolute atomic E-state index is 0.368. The monoisotopic (exact) mass is 496 g/mol. The number of benzene rings is 2. The van der Waals surface area contributed by atoms with Crippen molar-refractivity contribution in [2.75, 3.05) is 23.7 Å². The van der Waals surface area contributed by atoms with Crippen LogP contribution in [0.15, 0.2) is 53.6 Å². The van der Waals surface area contributed by atoms with Crippen LogP contribution in [0.3, 0.4) is 0 Å². The summed E-state index contributed by atoms with van der Waals surface area (Å²) in [5.41, 5.74) is 9.18. The first-order valence-corrected chi connectivity index (χ1v) is 13.1. The summed E-state index contributed by atoms with van der Waals surface area (Å²) in [5.74, 6) is 0.0701. The molecule has 0 atom stereocenters. The second kappa shape index (κ2) is 10.8. The van der Waals surface area contributed by atoms with Gasteiger partial charge < -0.3 is 9.30 Å². The van der Waals surface area contributed by atoms with Crippen LogP contribution in [-0.4, -0.2) is 44.5 Å². The van der Waals surface area contributed by atoms with Crippen molar-refractivity contribution >= 4 is 27.8 Å². The van der Waals surface area contributed by atoms with Gasteiger partial charge in [-0.05, 0) is 88.2 Å². The summed E-state index contributed by atoms with van der Waals surface area (Å²) in [6.07, 6.45) is 2.63. The summed E-state index contributed by atoms with van der Waals surface area (Å²) >= 11 is 0. The van der Waals surface area contributed by atoms with Gasteiger partial charge in [0, 0.05) is 22.6 Å². The van der Waals surface area contributed by atoms with E-state index >= 15 is 0 Å². The van der Waals surface area contributed by atoms with Crippen molar-refractivity contribution in [2.45, 2.75) is 34.6 Å². The highest BCUT2D eigenvalue weighted by molar-refractivity contribution is 7.92. The third-order valence-corrected chi connectivity index (χ3v) is 6.88. The summed E-state index contributed by atoms with van der Waals surface area (Å²) < 4.78 is 33.2. The average molecular weight is 497 g/mol. The lowest BCUT2D eigenvalue weighted by Gasteiger charge is -2.21. The van der Waals surface area contributed by atoms with E-state index in [4.69, 9.17) is 4.74 Å². The number of carbonyl (C=O) groups excluding carboxylic acids is 1. The van der Waals surface area contributed by atoms with Crippen LogP contribution in [0.4, 0.5) is 5.69 Å². The van der Waals surface area contributed by atoms with Gasteiger partial charge in [-0.1, -0.05) is 6.07 Å².